The summed E-state index contributed by atoms with van der Waals surface area (Å²) in [6.07, 6.45) is 0. The summed E-state index contributed by atoms with van der Waals surface area (Å²) in [5.74, 6) is 0. The van der Waals surface area contributed by atoms with E-state index in [2.05, 4.69) is 9.97 Å². The van der Waals surface area contributed by atoms with Crippen LogP contribution in [0.4, 0.5) is 0 Å². The largest absolute Gasteiger partial charge is 0.252 e. The Kier molecular flexibility index (Phi) is 1.58. The Labute approximate surface area is 73.6 Å². The van der Waals surface area contributed by atoms with Gasteiger partial charge in [0.2, 0.25) is 0 Å². The molecule has 0 saturated heterocycles. The van der Waals surface area contributed by atoms with Crippen molar-refractivity contribution >= 4 is 46.7 Å². The SMILES string of the molecule is [B]c1ccc2nc(Cl)sc2n1. The quantitative estimate of drug-likeness (QED) is 0.568. The molecule has 0 amide bonds. The molecule has 0 spiro atoms. The minimum absolute atomic E-state index is 0.498. The molecule has 2 heterocycles. The van der Waals surface area contributed by atoms with Crippen LogP contribution in [0.25, 0.3) is 10.3 Å². The number of thiazole rings is 1. The number of nitrogens with zero attached hydrogens (tertiary/aromatic N) is 2. The minimum atomic E-state index is 0.498. The lowest BCUT2D eigenvalue weighted by molar-refractivity contribution is 1.45. The van der Waals surface area contributed by atoms with E-state index in [0.29, 0.717) is 10.1 Å². The van der Waals surface area contributed by atoms with Gasteiger partial charge in [-0.2, -0.15) is 0 Å². The van der Waals surface area contributed by atoms with Gasteiger partial charge in [0.1, 0.15) is 18.2 Å². The topological polar surface area (TPSA) is 25.8 Å². The van der Waals surface area contributed by atoms with Crippen LogP contribution in [0.5, 0.6) is 0 Å². The van der Waals surface area contributed by atoms with Crippen molar-refractivity contribution < 1.29 is 0 Å². The first kappa shape index (κ1) is 7.07. The normalized spacial score (nSPS) is 10.6. The van der Waals surface area contributed by atoms with Gasteiger partial charge < -0.3 is 0 Å². The fourth-order valence-electron chi connectivity index (χ4n) is 0.805. The van der Waals surface area contributed by atoms with Crippen LogP contribution in [-0.4, -0.2) is 17.8 Å². The highest BCUT2D eigenvalue weighted by atomic mass is 35.5. The average Bonchev–Trinajstić information content (AvgIpc) is 2.27. The van der Waals surface area contributed by atoms with Crippen molar-refractivity contribution in [2.45, 2.75) is 0 Å². The Morgan fingerprint density at radius 2 is 2.18 bits per heavy atom. The predicted octanol–water partition coefficient (Wildman–Crippen LogP) is 1.14. The van der Waals surface area contributed by atoms with Gasteiger partial charge in [-0.1, -0.05) is 22.9 Å². The van der Waals surface area contributed by atoms with E-state index in [1.54, 1.807) is 12.1 Å². The van der Waals surface area contributed by atoms with Crippen LogP contribution in [0, 0.1) is 0 Å². The molecule has 0 atom stereocenters. The Hall–Kier alpha value is -0.605. The summed E-state index contributed by atoms with van der Waals surface area (Å²) in [5.41, 5.74) is 1.30. The molecular formula is C6H2BClN2S. The number of pyridine rings is 1. The molecule has 5 heteroatoms. The van der Waals surface area contributed by atoms with E-state index in [0.717, 1.165) is 10.3 Å². The number of hydrogen-bond donors (Lipinski definition) is 0. The zero-order valence-electron chi connectivity index (χ0n) is 5.41. The maximum Gasteiger partial charge on any atom is 0.186 e. The third-order valence-corrected chi connectivity index (χ3v) is 2.32. The summed E-state index contributed by atoms with van der Waals surface area (Å²) in [5, 5.41) is 0. The zero-order valence-corrected chi connectivity index (χ0v) is 6.99. The van der Waals surface area contributed by atoms with Gasteiger partial charge in [-0.15, -0.1) is 0 Å². The van der Waals surface area contributed by atoms with Crippen LogP contribution in [0.1, 0.15) is 0 Å². The van der Waals surface area contributed by atoms with Gasteiger partial charge in [0.05, 0.1) is 0 Å². The molecule has 0 saturated carbocycles. The third-order valence-electron chi connectivity index (χ3n) is 1.25. The van der Waals surface area contributed by atoms with Crippen LogP contribution in [0.15, 0.2) is 12.1 Å². The molecule has 0 fully saturated rings. The molecular weight excluding hydrogens is 178 g/mol. The molecule has 0 aliphatic heterocycles. The van der Waals surface area contributed by atoms with Gasteiger partial charge in [-0.3, -0.25) is 4.98 Å². The summed E-state index contributed by atoms with van der Waals surface area (Å²) in [6.45, 7) is 0. The number of rotatable bonds is 0. The summed E-state index contributed by atoms with van der Waals surface area (Å²) in [7, 11) is 5.46. The maximum absolute atomic E-state index is 5.66. The molecule has 2 rings (SSSR count). The second kappa shape index (κ2) is 2.46. The average molecular weight is 180 g/mol. The number of aromatic nitrogens is 2. The van der Waals surface area contributed by atoms with Crippen LogP contribution < -0.4 is 5.59 Å². The molecule has 0 bridgehead atoms. The van der Waals surface area contributed by atoms with E-state index in [4.69, 9.17) is 19.4 Å². The highest BCUT2D eigenvalue weighted by Crippen LogP contribution is 2.22. The Morgan fingerprint density at radius 1 is 1.36 bits per heavy atom. The highest BCUT2D eigenvalue weighted by Gasteiger charge is 2.00. The minimum Gasteiger partial charge on any atom is -0.252 e. The standard InChI is InChI=1S/C6H2BClN2S/c7-4-2-1-3-5(10-4)11-6(8)9-3/h1-2H. The van der Waals surface area contributed by atoms with Crippen LogP contribution >= 0.6 is 22.9 Å². The lowest BCUT2D eigenvalue weighted by atomic mass is 10.0. The van der Waals surface area contributed by atoms with E-state index in [-0.39, 0.29) is 0 Å². The first-order chi connectivity index (χ1) is 5.25. The Balaban J connectivity index is 2.82. The highest BCUT2D eigenvalue weighted by molar-refractivity contribution is 7.21. The van der Waals surface area contributed by atoms with Crippen LogP contribution in [0.2, 0.25) is 4.47 Å². The Morgan fingerprint density at radius 3 is 3.00 bits per heavy atom. The lowest BCUT2D eigenvalue weighted by Gasteiger charge is -1.88. The van der Waals surface area contributed by atoms with Crippen LogP contribution in [-0.2, 0) is 0 Å². The number of halogens is 1. The first-order valence-electron chi connectivity index (χ1n) is 2.94. The van der Waals surface area contributed by atoms with Crippen LogP contribution in [0.3, 0.4) is 0 Å². The molecule has 0 aromatic carbocycles. The van der Waals surface area contributed by atoms with Gasteiger partial charge >= 0.3 is 0 Å². The van der Waals surface area contributed by atoms with E-state index >= 15 is 0 Å². The summed E-state index contributed by atoms with van der Waals surface area (Å²) in [4.78, 5) is 8.85. The number of hydrogen-bond acceptors (Lipinski definition) is 3. The predicted molar refractivity (Wildman–Crippen MR) is 47.8 cm³/mol. The molecule has 0 aliphatic rings. The lowest BCUT2D eigenvalue weighted by Crippen LogP contribution is -2.05. The van der Waals surface area contributed by atoms with Gasteiger partial charge in [0, 0.05) is 0 Å². The van der Waals surface area contributed by atoms with Crippen molar-refractivity contribution in [3.8, 4) is 0 Å². The molecule has 0 N–H and O–H groups in total. The molecule has 2 radical (unpaired) electrons. The molecule has 52 valence electrons. The fourth-order valence-corrected chi connectivity index (χ4v) is 1.79. The Bertz CT molecular complexity index is 400. The smallest absolute Gasteiger partial charge is 0.186 e. The molecule has 0 aliphatic carbocycles. The second-order valence-corrected chi connectivity index (χ2v) is 3.59. The van der Waals surface area contributed by atoms with Gasteiger partial charge in [-0.05, 0) is 17.7 Å². The zero-order chi connectivity index (χ0) is 7.84. The van der Waals surface area contributed by atoms with Gasteiger partial charge in [0.15, 0.2) is 4.47 Å². The molecule has 2 aromatic heterocycles. The van der Waals surface area contributed by atoms with Gasteiger partial charge in [-0.25, -0.2) is 4.98 Å². The molecule has 2 aromatic rings. The third kappa shape index (κ3) is 1.24. The van der Waals surface area contributed by atoms with Crippen molar-refractivity contribution in [1.29, 1.82) is 0 Å². The van der Waals surface area contributed by atoms with Crippen molar-refractivity contribution in [3.05, 3.63) is 16.6 Å². The summed E-state index contributed by atoms with van der Waals surface area (Å²) >= 11 is 6.99. The van der Waals surface area contributed by atoms with Crippen molar-refractivity contribution in [2.24, 2.45) is 0 Å². The fraction of sp³-hybridized carbons (Fsp3) is 0. The maximum atomic E-state index is 5.66. The monoisotopic (exact) mass is 180 g/mol. The first-order valence-corrected chi connectivity index (χ1v) is 4.14. The summed E-state index contributed by atoms with van der Waals surface area (Å²) < 4.78 is 0.498. The molecule has 2 nitrogen and oxygen atoms in total. The number of fused-ring (bicyclic) bond motifs is 1. The van der Waals surface area contributed by atoms with Crippen molar-refractivity contribution in [3.63, 3.8) is 0 Å². The second-order valence-electron chi connectivity index (χ2n) is 2.03. The molecule has 11 heavy (non-hydrogen) atoms. The molecule has 0 unspecified atom stereocenters. The van der Waals surface area contributed by atoms with E-state index < -0.39 is 0 Å². The van der Waals surface area contributed by atoms with E-state index in [1.807, 2.05) is 0 Å². The van der Waals surface area contributed by atoms with Crippen molar-refractivity contribution in [1.82, 2.24) is 9.97 Å². The van der Waals surface area contributed by atoms with Crippen molar-refractivity contribution in [2.75, 3.05) is 0 Å². The van der Waals surface area contributed by atoms with Gasteiger partial charge in [0.25, 0.3) is 0 Å². The van der Waals surface area contributed by atoms with E-state index in [9.17, 15) is 0 Å². The summed E-state index contributed by atoms with van der Waals surface area (Å²) in [6, 6.07) is 3.51. The van der Waals surface area contributed by atoms with E-state index in [1.165, 1.54) is 11.3 Å².